The van der Waals surface area contributed by atoms with Gasteiger partial charge < -0.3 is 10.4 Å². The molecular formula is C13H21NOS. The van der Waals surface area contributed by atoms with Crippen LogP contribution in [0.15, 0.2) is 35.2 Å². The van der Waals surface area contributed by atoms with Crippen molar-refractivity contribution >= 4 is 11.8 Å². The quantitative estimate of drug-likeness (QED) is 0.717. The largest absolute Gasteiger partial charge is 0.396 e. The summed E-state index contributed by atoms with van der Waals surface area (Å²) in [6, 6.07) is 11.2. The number of rotatable bonds is 7. The molecule has 0 heterocycles. The molecule has 2 N–H and O–H groups in total. The molecule has 1 unspecified atom stereocenters. The van der Waals surface area contributed by atoms with Crippen LogP contribution in [-0.2, 0) is 0 Å². The molecule has 2 nitrogen and oxygen atoms in total. The van der Waals surface area contributed by atoms with Gasteiger partial charge in [0.25, 0.3) is 0 Å². The van der Waals surface area contributed by atoms with Crippen molar-refractivity contribution in [3.63, 3.8) is 0 Å². The number of aliphatic hydroxyl groups is 1. The lowest BCUT2D eigenvalue weighted by atomic mass is 10.2. The van der Waals surface area contributed by atoms with Crippen molar-refractivity contribution in [3.05, 3.63) is 30.3 Å². The molecule has 1 aromatic carbocycles. The van der Waals surface area contributed by atoms with Crippen molar-refractivity contribution in [2.75, 3.05) is 12.4 Å². The summed E-state index contributed by atoms with van der Waals surface area (Å²) in [6.07, 6.45) is 0.817. The molecule has 0 aliphatic heterocycles. The second-order valence-corrected chi connectivity index (χ2v) is 5.25. The molecule has 0 aromatic heterocycles. The summed E-state index contributed by atoms with van der Waals surface area (Å²) in [4.78, 5) is 1.29. The molecular weight excluding hydrogens is 218 g/mol. The molecule has 0 fully saturated rings. The number of aliphatic hydroxyl groups excluding tert-OH is 1. The van der Waals surface area contributed by atoms with E-state index in [1.54, 1.807) is 0 Å². The lowest BCUT2D eigenvalue weighted by Gasteiger charge is -2.20. The summed E-state index contributed by atoms with van der Waals surface area (Å²) in [5.74, 6) is 1.00. The minimum absolute atomic E-state index is 0.250. The minimum atomic E-state index is 0.250. The zero-order valence-corrected chi connectivity index (χ0v) is 10.8. The zero-order valence-electron chi connectivity index (χ0n) is 10.0. The lowest BCUT2D eigenvalue weighted by molar-refractivity contribution is 0.266. The van der Waals surface area contributed by atoms with Crippen LogP contribution in [0, 0.1) is 0 Å². The van der Waals surface area contributed by atoms with E-state index in [2.05, 4.69) is 43.4 Å². The Morgan fingerprint density at radius 2 is 1.94 bits per heavy atom. The molecule has 0 aliphatic rings. The van der Waals surface area contributed by atoms with Crippen LogP contribution in [0.3, 0.4) is 0 Å². The summed E-state index contributed by atoms with van der Waals surface area (Å²) >= 11 is 1.84. The minimum Gasteiger partial charge on any atom is -0.396 e. The van der Waals surface area contributed by atoms with Crippen LogP contribution in [0.4, 0.5) is 0 Å². The van der Waals surface area contributed by atoms with Crippen molar-refractivity contribution < 1.29 is 5.11 Å². The first kappa shape index (κ1) is 13.6. The van der Waals surface area contributed by atoms with Gasteiger partial charge >= 0.3 is 0 Å². The van der Waals surface area contributed by atoms with Gasteiger partial charge in [0.15, 0.2) is 0 Å². The predicted octanol–water partition coefficient (Wildman–Crippen LogP) is 2.53. The summed E-state index contributed by atoms with van der Waals surface area (Å²) in [5.41, 5.74) is 0. The van der Waals surface area contributed by atoms with Crippen LogP contribution in [0.1, 0.15) is 20.3 Å². The maximum atomic E-state index is 9.00. The van der Waals surface area contributed by atoms with Gasteiger partial charge in [0.2, 0.25) is 0 Å². The van der Waals surface area contributed by atoms with Crippen LogP contribution < -0.4 is 5.32 Å². The number of hydrogen-bond acceptors (Lipinski definition) is 3. The standard InChI is InChI=1S/C13H21NOS/c1-11(2)14-12(8-9-15)10-16-13-6-4-3-5-7-13/h3-7,11-12,14-15H,8-10H2,1-2H3. The average molecular weight is 239 g/mol. The SMILES string of the molecule is CC(C)NC(CCO)CSc1ccccc1. The van der Waals surface area contributed by atoms with Gasteiger partial charge in [0, 0.05) is 29.3 Å². The third-order valence-electron chi connectivity index (χ3n) is 2.24. The highest BCUT2D eigenvalue weighted by Crippen LogP contribution is 2.18. The molecule has 0 bridgehead atoms. The molecule has 16 heavy (non-hydrogen) atoms. The lowest BCUT2D eigenvalue weighted by Crippen LogP contribution is -2.37. The van der Waals surface area contributed by atoms with Crippen molar-refractivity contribution in [1.82, 2.24) is 5.32 Å². The van der Waals surface area contributed by atoms with E-state index in [1.165, 1.54) is 4.90 Å². The topological polar surface area (TPSA) is 32.3 Å². The first-order valence-electron chi connectivity index (χ1n) is 5.77. The van der Waals surface area contributed by atoms with E-state index in [0.29, 0.717) is 12.1 Å². The fraction of sp³-hybridized carbons (Fsp3) is 0.538. The highest BCUT2D eigenvalue weighted by Gasteiger charge is 2.09. The van der Waals surface area contributed by atoms with E-state index in [9.17, 15) is 0 Å². The van der Waals surface area contributed by atoms with Gasteiger partial charge in [-0.1, -0.05) is 32.0 Å². The Balaban J connectivity index is 2.37. The van der Waals surface area contributed by atoms with Gasteiger partial charge in [-0.05, 0) is 18.6 Å². The third-order valence-corrected chi connectivity index (χ3v) is 3.42. The van der Waals surface area contributed by atoms with Crippen LogP contribution in [0.5, 0.6) is 0 Å². The Kier molecular flexibility index (Phi) is 6.53. The Morgan fingerprint density at radius 3 is 2.50 bits per heavy atom. The van der Waals surface area contributed by atoms with Gasteiger partial charge in [0.05, 0.1) is 0 Å². The maximum absolute atomic E-state index is 9.00. The average Bonchev–Trinajstić information content (AvgIpc) is 2.27. The molecule has 1 rings (SSSR count). The van der Waals surface area contributed by atoms with Crippen LogP contribution in [0.2, 0.25) is 0 Å². The van der Waals surface area contributed by atoms with E-state index < -0.39 is 0 Å². The highest BCUT2D eigenvalue weighted by molar-refractivity contribution is 7.99. The number of thioether (sulfide) groups is 1. The molecule has 0 spiro atoms. The van der Waals surface area contributed by atoms with Gasteiger partial charge in [-0.25, -0.2) is 0 Å². The molecule has 0 saturated heterocycles. The van der Waals surface area contributed by atoms with E-state index in [-0.39, 0.29) is 6.61 Å². The number of hydrogen-bond donors (Lipinski definition) is 2. The molecule has 0 saturated carbocycles. The second kappa shape index (κ2) is 7.71. The van der Waals surface area contributed by atoms with Crippen molar-refractivity contribution in [1.29, 1.82) is 0 Å². The van der Waals surface area contributed by atoms with E-state index in [4.69, 9.17) is 5.11 Å². The molecule has 90 valence electrons. The van der Waals surface area contributed by atoms with Crippen LogP contribution in [0.25, 0.3) is 0 Å². The van der Waals surface area contributed by atoms with Crippen molar-refractivity contribution in [3.8, 4) is 0 Å². The fourth-order valence-corrected chi connectivity index (χ4v) is 2.56. The Bertz CT molecular complexity index is 277. The summed E-state index contributed by atoms with van der Waals surface area (Å²) in [7, 11) is 0. The van der Waals surface area contributed by atoms with Crippen molar-refractivity contribution in [2.45, 2.75) is 37.2 Å². The summed E-state index contributed by atoms with van der Waals surface area (Å²) < 4.78 is 0. The smallest absolute Gasteiger partial charge is 0.0446 e. The third kappa shape index (κ3) is 5.54. The second-order valence-electron chi connectivity index (χ2n) is 4.15. The van der Waals surface area contributed by atoms with Gasteiger partial charge in [-0.2, -0.15) is 0 Å². The number of benzene rings is 1. The Morgan fingerprint density at radius 1 is 1.25 bits per heavy atom. The van der Waals surface area contributed by atoms with E-state index in [1.807, 2.05) is 17.8 Å². The summed E-state index contributed by atoms with van der Waals surface area (Å²) in [6.45, 7) is 4.52. The molecule has 0 aliphatic carbocycles. The molecule has 3 heteroatoms. The molecule has 0 amide bonds. The van der Waals surface area contributed by atoms with Crippen LogP contribution >= 0.6 is 11.8 Å². The highest BCUT2D eigenvalue weighted by atomic mass is 32.2. The first-order chi connectivity index (χ1) is 7.72. The van der Waals surface area contributed by atoms with E-state index >= 15 is 0 Å². The molecule has 1 aromatic rings. The fourth-order valence-electron chi connectivity index (χ4n) is 1.56. The van der Waals surface area contributed by atoms with Crippen LogP contribution in [-0.4, -0.2) is 29.5 Å². The van der Waals surface area contributed by atoms with Gasteiger partial charge in [-0.15, -0.1) is 11.8 Å². The zero-order chi connectivity index (χ0) is 11.8. The van der Waals surface area contributed by atoms with Crippen molar-refractivity contribution in [2.24, 2.45) is 0 Å². The number of nitrogens with one attached hydrogen (secondary N) is 1. The predicted molar refractivity (Wildman–Crippen MR) is 70.9 cm³/mol. The molecule has 0 radical (unpaired) electrons. The Labute approximate surface area is 102 Å². The van der Waals surface area contributed by atoms with Gasteiger partial charge in [-0.3, -0.25) is 0 Å². The van der Waals surface area contributed by atoms with E-state index in [0.717, 1.165) is 12.2 Å². The Hall–Kier alpha value is -0.510. The molecule has 1 atom stereocenters. The van der Waals surface area contributed by atoms with Gasteiger partial charge in [0.1, 0.15) is 0 Å². The monoisotopic (exact) mass is 239 g/mol. The maximum Gasteiger partial charge on any atom is 0.0446 e. The normalized spacial score (nSPS) is 13.0. The first-order valence-corrected chi connectivity index (χ1v) is 6.75. The summed E-state index contributed by atoms with van der Waals surface area (Å²) in [5, 5.41) is 12.5.